The second-order valence-electron chi connectivity index (χ2n) is 4.59. The van der Waals surface area contributed by atoms with Crippen LogP contribution >= 0.6 is 0 Å². The first-order chi connectivity index (χ1) is 9.65. The summed E-state index contributed by atoms with van der Waals surface area (Å²) < 4.78 is 10.6. The predicted molar refractivity (Wildman–Crippen MR) is 82.5 cm³/mol. The molecule has 4 heteroatoms. The fourth-order valence-corrected chi connectivity index (χ4v) is 2.16. The minimum Gasteiger partial charge on any atom is -0.497 e. The van der Waals surface area contributed by atoms with Crippen LogP contribution in [0.4, 0.5) is 11.4 Å². The molecule has 0 spiro atoms. The van der Waals surface area contributed by atoms with Crippen molar-refractivity contribution >= 4 is 11.4 Å². The molecule has 0 atom stereocenters. The standard InChI is InChI=1S/C16H20N2O2/c1-18(11-12-6-4-5-7-16(12)20-3)15-10-13(19-2)8-9-14(15)17/h4-10H,11,17H2,1-3H3. The summed E-state index contributed by atoms with van der Waals surface area (Å²) in [6.45, 7) is 0.710. The van der Waals surface area contributed by atoms with Gasteiger partial charge in [-0.25, -0.2) is 0 Å². The molecule has 0 bridgehead atoms. The Morgan fingerprint density at radius 2 is 1.80 bits per heavy atom. The molecule has 106 valence electrons. The van der Waals surface area contributed by atoms with Crippen LogP contribution in [0.25, 0.3) is 0 Å². The molecule has 0 saturated carbocycles. The van der Waals surface area contributed by atoms with E-state index in [0.717, 1.165) is 28.4 Å². The number of hydrogen-bond donors (Lipinski definition) is 1. The highest BCUT2D eigenvalue weighted by molar-refractivity contribution is 5.69. The molecular formula is C16H20N2O2. The molecule has 4 nitrogen and oxygen atoms in total. The van der Waals surface area contributed by atoms with Crippen molar-refractivity contribution in [2.75, 3.05) is 31.9 Å². The quantitative estimate of drug-likeness (QED) is 0.850. The lowest BCUT2D eigenvalue weighted by molar-refractivity contribution is 0.409. The lowest BCUT2D eigenvalue weighted by Crippen LogP contribution is -2.18. The maximum absolute atomic E-state index is 6.04. The van der Waals surface area contributed by atoms with Crippen molar-refractivity contribution in [1.29, 1.82) is 0 Å². The van der Waals surface area contributed by atoms with Gasteiger partial charge >= 0.3 is 0 Å². The van der Waals surface area contributed by atoms with Crippen LogP contribution in [0.2, 0.25) is 0 Å². The van der Waals surface area contributed by atoms with Gasteiger partial charge in [-0.05, 0) is 18.2 Å². The summed E-state index contributed by atoms with van der Waals surface area (Å²) in [5.41, 5.74) is 8.82. The van der Waals surface area contributed by atoms with E-state index in [4.69, 9.17) is 15.2 Å². The number of ether oxygens (including phenoxy) is 2. The number of anilines is 2. The first-order valence-electron chi connectivity index (χ1n) is 6.42. The van der Waals surface area contributed by atoms with Gasteiger partial charge in [-0.1, -0.05) is 18.2 Å². The molecule has 2 rings (SSSR count). The highest BCUT2D eigenvalue weighted by Crippen LogP contribution is 2.29. The normalized spacial score (nSPS) is 10.2. The van der Waals surface area contributed by atoms with E-state index in [-0.39, 0.29) is 0 Å². The highest BCUT2D eigenvalue weighted by atomic mass is 16.5. The number of rotatable bonds is 5. The first kappa shape index (κ1) is 14.1. The van der Waals surface area contributed by atoms with Crippen LogP contribution in [-0.2, 0) is 6.54 Å². The first-order valence-corrected chi connectivity index (χ1v) is 6.42. The van der Waals surface area contributed by atoms with Crippen molar-refractivity contribution in [2.45, 2.75) is 6.54 Å². The summed E-state index contributed by atoms with van der Waals surface area (Å²) in [6, 6.07) is 13.6. The van der Waals surface area contributed by atoms with E-state index in [1.807, 2.05) is 49.5 Å². The fourth-order valence-electron chi connectivity index (χ4n) is 2.16. The Kier molecular flexibility index (Phi) is 4.35. The molecule has 0 aliphatic carbocycles. The zero-order valence-electron chi connectivity index (χ0n) is 12.1. The Labute approximate surface area is 119 Å². The van der Waals surface area contributed by atoms with E-state index in [1.54, 1.807) is 14.2 Å². The van der Waals surface area contributed by atoms with Crippen LogP contribution in [0.15, 0.2) is 42.5 Å². The van der Waals surface area contributed by atoms with Crippen LogP contribution in [0.1, 0.15) is 5.56 Å². The molecule has 0 heterocycles. The van der Waals surface area contributed by atoms with Gasteiger partial charge in [0.1, 0.15) is 11.5 Å². The molecule has 2 aromatic carbocycles. The van der Waals surface area contributed by atoms with Crippen molar-refractivity contribution in [2.24, 2.45) is 0 Å². The van der Waals surface area contributed by atoms with Crippen LogP contribution in [0, 0.1) is 0 Å². The summed E-state index contributed by atoms with van der Waals surface area (Å²) in [4.78, 5) is 2.08. The van der Waals surface area contributed by atoms with Gasteiger partial charge in [-0.3, -0.25) is 0 Å². The zero-order chi connectivity index (χ0) is 14.5. The number of para-hydroxylation sites is 1. The monoisotopic (exact) mass is 272 g/mol. The number of nitrogens with zero attached hydrogens (tertiary/aromatic N) is 1. The fraction of sp³-hybridized carbons (Fsp3) is 0.250. The number of methoxy groups -OCH3 is 2. The molecule has 0 saturated heterocycles. The Morgan fingerprint density at radius 3 is 2.50 bits per heavy atom. The molecule has 0 unspecified atom stereocenters. The van der Waals surface area contributed by atoms with E-state index in [1.165, 1.54) is 0 Å². The number of nitrogens with two attached hydrogens (primary N) is 1. The van der Waals surface area contributed by atoms with E-state index in [9.17, 15) is 0 Å². The van der Waals surface area contributed by atoms with Gasteiger partial charge in [-0.15, -0.1) is 0 Å². The van der Waals surface area contributed by atoms with Crippen molar-refractivity contribution < 1.29 is 9.47 Å². The smallest absolute Gasteiger partial charge is 0.123 e. The van der Waals surface area contributed by atoms with Gasteiger partial charge in [0.05, 0.1) is 25.6 Å². The molecule has 0 radical (unpaired) electrons. The summed E-state index contributed by atoms with van der Waals surface area (Å²) in [6.07, 6.45) is 0. The highest BCUT2D eigenvalue weighted by Gasteiger charge is 2.10. The largest absolute Gasteiger partial charge is 0.497 e. The number of benzene rings is 2. The summed E-state index contributed by atoms with van der Waals surface area (Å²) >= 11 is 0. The predicted octanol–water partition coefficient (Wildman–Crippen LogP) is 2.92. The minimum absolute atomic E-state index is 0.710. The average Bonchev–Trinajstić information content (AvgIpc) is 2.48. The molecule has 0 fully saturated rings. The Hall–Kier alpha value is -2.36. The van der Waals surface area contributed by atoms with Crippen LogP contribution < -0.4 is 20.1 Å². The van der Waals surface area contributed by atoms with Gasteiger partial charge in [0, 0.05) is 25.2 Å². The molecule has 0 amide bonds. The second-order valence-corrected chi connectivity index (χ2v) is 4.59. The van der Waals surface area contributed by atoms with Gasteiger partial charge in [0.25, 0.3) is 0 Å². The van der Waals surface area contributed by atoms with Gasteiger partial charge in [0.2, 0.25) is 0 Å². The Bertz CT molecular complexity index is 584. The van der Waals surface area contributed by atoms with Gasteiger partial charge in [-0.2, -0.15) is 0 Å². The third-order valence-corrected chi connectivity index (χ3v) is 3.25. The van der Waals surface area contributed by atoms with Gasteiger partial charge in [0.15, 0.2) is 0 Å². The van der Waals surface area contributed by atoms with Crippen LogP contribution in [-0.4, -0.2) is 21.3 Å². The number of nitrogen functional groups attached to an aromatic ring is 1. The van der Waals surface area contributed by atoms with Crippen molar-refractivity contribution in [1.82, 2.24) is 0 Å². The molecule has 2 N–H and O–H groups in total. The average molecular weight is 272 g/mol. The molecule has 0 aromatic heterocycles. The van der Waals surface area contributed by atoms with Crippen molar-refractivity contribution in [3.05, 3.63) is 48.0 Å². The Balaban J connectivity index is 2.25. The second kappa shape index (κ2) is 6.19. The Morgan fingerprint density at radius 1 is 1.05 bits per heavy atom. The van der Waals surface area contributed by atoms with E-state index in [2.05, 4.69) is 4.90 Å². The van der Waals surface area contributed by atoms with Gasteiger partial charge < -0.3 is 20.1 Å². The van der Waals surface area contributed by atoms with Crippen molar-refractivity contribution in [3.8, 4) is 11.5 Å². The van der Waals surface area contributed by atoms with E-state index >= 15 is 0 Å². The summed E-state index contributed by atoms with van der Waals surface area (Å²) in [5.74, 6) is 1.67. The lowest BCUT2D eigenvalue weighted by Gasteiger charge is -2.22. The lowest BCUT2D eigenvalue weighted by atomic mass is 10.1. The SMILES string of the molecule is COc1ccc(N)c(N(C)Cc2ccccc2OC)c1. The number of hydrogen-bond acceptors (Lipinski definition) is 4. The molecule has 20 heavy (non-hydrogen) atoms. The molecular weight excluding hydrogens is 252 g/mol. The minimum atomic E-state index is 0.710. The third-order valence-electron chi connectivity index (χ3n) is 3.25. The molecule has 0 aliphatic heterocycles. The van der Waals surface area contributed by atoms with E-state index < -0.39 is 0 Å². The topological polar surface area (TPSA) is 47.7 Å². The third kappa shape index (κ3) is 2.96. The van der Waals surface area contributed by atoms with Crippen LogP contribution in [0.3, 0.4) is 0 Å². The zero-order valence-corrected chi connectivity index (χ0v) is 12.1. The van der Waals surface area contributed by atoms with Crippen molar-refractivity contribution in [3.63, 3.8) is 0 Å². The molecule has 0 aliphatic rings. The summed E-state index contributed by atoms with van der Waals surface area (Å²) in [5, 5.41) is 0. The maximum atomic E-state index is 6.04. The molecule has 2 aromatic rings. The summed E-state index contributed by atoms with van der Waals surface area (Å²) in [7, 11) is 5.33. The maximum Gasteiger partial charge on any atom is 0.123 e. The van der Waals surface area contributed by atoms with E-state index in [0.29, 0.717) is 6.54 Å². The van der Waals surface area contributed by atoms with Crippen LogP contribution in [0.5, 0.6) is 11.5 Å².